The maximum Gasteiger partial charge on any atom is 0.227 e. The van der Waals surface area contributed by atoms with Gasteiger partial charge < -0.3 is 14.6 Å². The Balaban J connectivity index is 1.44. The summed E-state index contributed by atoms with van der Waals surface area (Å²) in [5.41, 5.74) is 2.53. The zero-order chi connectivity index (χ0) is 22.0. The summed E-state index contributed by atoms with van der Waals surface area (Å²) in [6.45, 7) is 2.04. The van der Waals surface area contributed by atoms with Gasteiger partial charge in [-0.1, -0.05) is 18.2 Å². The van der Waals surface area contributed by atoms with E-state index in [9.17, 15) is 19.6 Å². The fraction of sp³-hybridized carbons (Fsp3) is 0.250. The Bertz CT molecular complexity index is 1200. The number of aromatic amines is 1. The molecule has 2 heterocycles. The number of amides is 1. The van der Waals surface area contributed by atoms with Crippen molar-refractivity contribution >= 4 is 34.1 Å². The fourth-order valence-electron chi connectivity index (χ4n) is 3.90. The molecule has 0 aliphatic carbocycles. The van der Waals surface area contributed by atoms with Gasteiger partial charge in [-0.05, 0) is 43.7 Å². The van der Waals surface area contributed by atoms with Gasteiger partial charge in [0.05, 0.1) is 6.07 Å². The molecular formula is C24H21N3O4. The van der Waals surface area contributed by atoms with Gasteiger partial charge in [0.1, 0.15) is 12.4 Å². The van der Waals surface area contributed by atoms with Gasteiger partial charge in [0, 0.05) is 40.8 Å². The van der Waals surface area contributed by atoms with E-state index in [0.29, 0.717) is 35.4 Å². The van der Waals surface area contributed by atoms with E-state index < -0.39 is 24.1 Å². The molecule has 1 fully saturated rings. The fourth-order valence-corrected chi connectivity index (χ4v) is 3.90. The molecule has 7 nitrogen and oxygen atoms in total. The minimum Gasteiger partial charge on any atom is -0.486 e. The molecule has 0 bridgehead atoms. The van der Waals surface area contributed by atoms with Crippen LogP contribution in [0.2, 0.25) is 0 Å². The monoisotopic (exact) mass is 415 g/mol. The molecule has 0 radical (unpaired) electrons. The summed E-state index contributed by atoms with van der Waals surface area (Å²) in [5.74, 6) is -2.06. The summed E-state index contributed by atoms with van der Waals surface area (Å²) in [7, 11) is 0. The molecule has 1 aromatic heterocycles. The molecule has 0 spiro atoms. The number of ether oxygens (including phenoxy) is 1. The predicted molar refractivity (Wildman–Crippen MR) is 115 cm³/mol. The van der Waals surface area contributed by atoms with Crippen LogP contribution in [0.3, 0.4) is 0 Å². The third-order valence-corrected chi connectivity index (χ3v) is 5.46. The van der Waals surface area contributed by atoms with Crippen LogP contribution < -0.4 is 9.64 Å². The number of para-hydroxylation sites is 1. The van der Waals surface area contributed by atoms with E-state index in [0.717, 1.165) is 17.6 Å². The third-order valence-electron chi connectivity index (χ3n) is 5.46. The van der Waals surface area contributed by atoms with Crippen LogP contribution in [0, 0.1) is 24.2 Å². The average molecular weight is 415 g/mol. The van der Waals surface area contributed by atoms with Crippen molar-refractivity contribution in [3.05, 3.63) is 59.8 Å². The van der Waals surface area contributed by atoms with Crippen molar-refractivity contribution in [1.29, 1.82) is 5.26 Å². The first-order valence-corrected chi connectivity index (χ1v) is 10.1. The average Bonchev–Trinajstić information content (AvgIpc) is 3.35. The van der Waals surface area contributed by atoms with Gasteiger partial charge in [-0.3, -0.25) is 14.4 Å². The molecule has 1 saturated heterocycles. The Hall–Kier alpha value is -3.92. The van der Waals surface area contributed by atoms with Crippen molar-refractivity contribution in [2.75, 3.05) is 18.1 Å². The number of anilines is 1. The summed E-state index contributed by atoms with van der Waals surface area (Å²) in [5, 5.41) is 10.2. The van der Waals surface area contributed by atoms with Gasteiger partial charge in [-0.25, -0.2) is 0 Å². The highest BCUT2D eigenvalue weighted by Crippen LogP contribution is 2.26. The topological polar surface area (TPSA) is 103 Å². The van der Waals surface area contributed by atoms with Crippen LogP contribution in [-0.2, 0) is 9.59 Å². The van der Waals surface area contributed by atoms with Gasteiger partial charge in [-0.15, -0.1) is 0 Å². The minimum atomic E-state index is -1.44. The van der Waals surface area contributed by atoms with Gasteiger partial charge in [0.25, 0.3) is 0 Å². The number of rotatable bonds is 7. The third kappa shape index (κ3) is 3.92. The number of H-pyrrole nitrogens is 1. The lowest BCUT2D eigenvalue weighted by Gasteiger charge is -2.16. The molecule has 1 aliphatic heterocycles. The highest BCUT2D eigenvalue weighted by molar-refractivity contribution is 6.19. The maximum absolute atomic E-state index is 13.0. The molecular weight excluding hydrogens is 394 g/mol. The highest BCUT2D eigenvalue weighted by Gasteiger charge is 2.31. The van der Waals surface area contributed by atoms with E-state index in [2.05, 4.69) is 4.98 Å². The lowest BCUT2D eigenvalue weighted by molar-refractivity contribution is -0.122. The van der Waals surface area contributed by atoms with E-state index in [1.54, 1.807) is 48.2 Å². The number of Topliss-reactive ketones (excluding diaryl/α,β-unsaturated/α-hetero) is 2. The van der Waals surface area contributed by atoms with E-state index >= 15 is 0 Å². The molecule has 7 heteroatoms. The van der Waals surface area contributed by atoms with Gasteiger partial charge in [0.2, 0.25) is 5.91 Å². The molecule has 156 valence electrons. The minimum absolute atomic E-state index is 0.0896. The first-order chi connectivity index (χ1) is 15.0. The molecule has 31 heavy (non-hydrogen) atoms. The predicted octanol–water partition coefficient (Wildman–Crippen LogP) is 3.57. The maximum atomic E-state index is 13.0. The van der Waals surface area contributed by atoms with Crippen molar-refractivity contribution in [1.82, 2.24) is 4.98 Å². The molecule has 1 aliphatic rings. The van der Waals surface area contributed by atoms with E-state index in [1.807, 2.05) is 18.2 Å². The molecule has 0 saturated carbocycles. The summed E-state index contributed by atoms with van der Waals surface area (Å²) in [6, 6.07) is 16.0. The SMILES string of the molecule is Cc1[nH]c2ccccc2c1C(=O)C(C#N)C(=O)COc1ccc(N2CCCC2=O)cc1. The van der Waals surface area contributed by atoms with E-state index in [-0.39, 0.29) is 5.91 Å². The number of nitrogens with zero attached hydrogens (tertiary/aromatic N) is 2. The largest absolute Gasteiger partial charge is 0.486 e. The Kier molecular flexibility index (Phi) is 5.54. The molecule has 2 aromatic carbocycles. The van der Waals surface area contributed by atoms with Gasteiger partial charge >= 0.3 is 0 Å². The number of fused-ring (bicyclic) bond motifs is 1. The first-order valence-electron chi connectivity index (χ1n) is 10.1. The number of nitrogens with one attached hydrogen (secondary N) is 1. The number of carbonyl (C=O) groups is 3. The molecule has 1 unspecified atom stereocenters. The number of aromatic nitrogens is 1. The number of nitriles is 1. The second-order valence-electron chi connectivity index (χ2n) is 7.49. The van der Waals surface area contributed by atoms with Gasteiger partial charge in [-0.2, -0.15) is 5.26 Å². The molecule has 1 atom stereocenters. The smallest absolute Gasteiger partial charge is 0.227 e. The zero-order valence-corrected chi connectivity index (χ0v) is 17.1. The van der Waals surface area contributed by atoms with Crippen LogP contribution in [0.25, 0.3) is 10.9 Å². The molecule has 1 amide bonds. The van der Waals surface area contributed by atoms with Crippen molar-refractivity contribution in [3.8, 4) is 11.8 Å². The zero-order valence-electron chi connectivity index (χ0n) is 17.1. The standard InChI is InChI=1S/C24H21N3O4/c1-15-23(18-5-2-3-6-20(18)26-15)24(30)19(13-25)21(28)14-31-17-10-8-16(9-11-17)27-12-4-7-22(27)29/h2-3,5-6,8-11,19,26H,4,7,12,14H2,1H3. The van der Waals surface area contributed by atoms with E-state index in [1.165, 1.54) is 0 Å². The second kappa shape index (κ2) is 8.44. The number of hydrogen-bond acceptors (Lipinski definition) is 5. The number of hydrogen-bond donors (Lipinski definition) is 1. The molecule has 3 aromatic rings. The lowest BCUT2D eigenvalue weighted by Crippen LogP contribution is -2.28. The van der Waals surface area contributed by atoms with Crippen LogP contribution in [0.1, 0.15) is 28.9 Å². The van der Waals surface area contributed by atoms with Crippen LogP contribution >= 0.6 is 0 Å². The number of aryl methyl sites for hydroxylation is 1. The van der Waals surface area contributed by atoms with Crippen LogP contribution in [0.5, 0.6) is 5.75 Å². The van der Waals surface area contributed by atoms with Gasteiger partial charge in [0.15, 0.2) is 17.5 Å². The number of carbonyl (C=O) groups excluding carboxylic acids is 3. The van der Waals surface area contributed by atoms with Crippen LogP contribution in [0.15, 0.2) is 48.5 Å². The Morgan fingerprint density at radius 3 is 2.61 bits per heavy atom. The van der Waals surface area contributed by atoms with Crippen LogP contribution in [0.4, 0.5) is 5.69 Å². The van der Waals surface area contributed by atoms with Crippen molar-refractivity contribution in [2.45, 2.75) is 19.8 Å². The summed E-state index contributed by atoms with van der Waals surface area (Å²) in [4.78, 5) is 42.3. The second-order valence-corrected chi connectivity index (χ2v) is 7.49. The molecule has 4 rings (SSSR count). The van der Waals surface area contributed by atoms with Crippen molar-refractivity contribution < 1.29 is 19.1 Å². The molecule has 1 N–H and O–H groups in total. The van der Waals surface area contributed by atoms with E-state index in [4.69, 9.17) is 4.74 Å². The highest BCUT2D eigenvalue weighted by atomic mass is 16.5. The summed E-state index contributed by atoms with van der Waals surface area (Å²) >= 11 is 0. The summed E-state index contributed by atoms with van der Waals surface area (Å²) in [6.07, 6.45) is 1.39. The lowest BCUT2D eigenvalue weighted by atomic mass is 9.93. The Morgan fingerprint density at radius 2 is 1.94 bits per heavy atom. The summed E-state index contributed by atoms with van der Waals surface area (Å²) < 4.78 is 5.52. The Morgan fingerprint density at radius 1 is 1.19 bits per heavy atom. The quantitative estimate of drug-likeness (QED) is 0.469. The Labute approximate surface area is 179 Å². The van der Waals surface area contributed by atoms with Crippen molar-refractivity contribution in [2.24, 2.45) is 5.92 Å². The number of ketones is 2. The number of benzene rings is 2. The van der Waals surface area contributed by atoms with Crippen LogP contribution in [-0.4, -0.2) is 35.6 Å². The first kappa shape index (κ1) is 20.4. The van der Waals surface area contributed by atoms with Crippen molar-refractivity contribution in [3.63, 3.8) is 0 Å². The normalized spacial score (nSPS) is 14.5.